The second-order valence-corrected chi connectivity index (χ2v) is 9.81. The molecule has 0 bridgehead atoms. The maximum Gasteiger partial charge on any atom is 0.0608 e. The molecular formula is C28H28NPTi. The Kier molecular flexibility index (Phi) is 10.5. The van der Waals surface area contributed by atoms with E-state index in [9.17, 15) is 0 Å². The second-order valence-electron chi connectivity index (χ2n) is 6.79. The fourth-order valence-electron chi connectivity index (χ4n) is 3.39. The van der Waals surface area contributed by atoms with E-state index in [0.717, 1.165) is 12.1 Å². The third-order valence-electron chi connectivity index (χ3n) is 4.75. The van der Waals surface area contributed by atoms with Crippen molar-refractivity contribution in [3.63, 3.8) is 0 Å². The van der Waals surface area contributed by atoms with E-state index in [2.05, 4.69) is 116 Å². The van der Waals surface area contributed by atoms with E-state index in [1.54, 1.807) is 6.08 Å². The molecule has 1 aliphatic carbocycles. The monoisotopic (exact) mass is 457 g/mol. The number of benzene rings is 3. The van der Waals surface area contributed by atoms with Crippen molar-refractivity contribution in [3.05, 3.63) is 140 Å². The van der Waals surface area contributed by atoms with E-state index in [4.69, 9.17) is 4.74 Å². The average Bonchev–Trinajstić information content (AvgIpc) is 3.33. The normalized spacial score (nSPS) is 12.4. The summed E-state index contributed by atoms with van der Waals surface area (Å²) >= 11 is 0. The summed E-state index contributed by atoms with van der Waals surface area (Å²) in [5.74, 6) is 0. The van der Waals surface area contributed by atoms with E-state index in [-0.39, 0.29) is 21.7 Å². The van der Waals surface area contributed by atoms with Crippen molar-refractivity contribution in [1.29, 1.82) is 0 Å². The van der Waals surface area contributed by atoms with Crippen LogP contribution in [0.1, 0.15) is 13.3 Å². The maximum atomic E-state index is 5.43. The molecule has 3 aromatic rings. The fraction of sp³-hybridized carbons (Fsp3) is 0.0714. The number of nitrogens with zero attached hydrogens (tertiary/aromatic N) is 1. The molecule has 0 aliphatic heterocycles. The molecule has 0 spiro atoms. The van der Waals surface area contributed by atoms with Gasteiger partial charge in [-0.3, -0.25) is 4.74 Å². The van der Waals surface area contributed by atoms with Crippen molar-refractivity contribution < 1.29 is 21.7 Å². The first-order valence-corrected chi connectivity index (χ1v) is 11.9. The molecule has 0 heterocycles. The zero-order valence-corrected chi connectivity index (χ0v) is 20.4. The second kappa shape index (κ2) is 13.1. The first-order chi connectivity index (χ1) is 14.8. The number of rotatable bonds is 5. The van der Waals surface area contributed by atoms with Crippen LogP contribution in [0.25, 0.3) is 0 Å². The van der Waals surface area contributed by atoms with Gasteiger partial charge in [0.05, 0.1) is 7.05 Å². The summed E-state index contributed by atoms with van der Waals surface area (Å²) in [6.07, 6.45) is 12.9. The van der Waals surface area contributed by atoms with Crippen molar-refractivity contribution in [2.75, 3.05) is 0 Å². The number of hydrogen-bond acceptors (Lipinski definition) is 1. The molecule has 4 rings (SSSR count). The van der Waals surface area contributed by atoms with Gasteiger partial charge in [0.25, 0.3) is 0 Å². The number of hydrogen-bond donors (Lipinski definition) is 0. The summed E-state index contributed by atoms with van der Waals surface area (Å²) in [6, 6.07) is 32.3. The third kappa shape index (κ3) is 6.28. The number of allylic oxidation sites excluding steroid dienone is 6. The molecule has 0 atom stereocenters. The van der Waals surface area contributed by atoms with Crippen molar-refractivity contribution >= 4 is 23.0 Å². The predicted octanol–water partition coefficient (Wildman–Crippen LogP) is 6.75. The van der Waals surface area contributed by atoms with E-state index < -0.39 is 7.05 Å². The molecule has 0 unspecified atom stereocenters. The van der Waals surface area contributed by atoms with Gasteiger partial charge in [0.2, 0.25) is 0 Å². The molecule has 31 heavy (non-hydrogen) atoms. The van der Waals surface area contributed by atoms with E-state index in [1.807, 2.05) is 19.1 Å². The molecular weight excluding hydrogens is 429 g/mol. The van der Waals surface area contributed by atoms with Crippen LogP contribution in [0.5, 0.6) is 0 Å². The van der Waals surface area contributed by atoms with Crippen molar-refractivity contribution in [3.8, 4) is 0 Å². The first kappa shape index (κ1) is 24.8. The van der Waals surface area contributed by atoms with E-state index in [0.29, 0.717) is 0 Å². The van der Waals surface area contributed by atoms with Crippen LogP contribution < -0.4 is 15.9 Å². The van der Waals surface area contributed by atoms with Gasteiger partial charge in [-0.15, -0.1) is 0 Å². The summed E-state index contributed by atoms with van der Waals surface area (Å²) in [6.45, 7) is 5.42. The summed E-state index contributed by atoms with van der Waals surface area (Å²) < 4.78 is 5.43. The third-order valence-corrected chi connectivity index (χ3v) is 8.44. The van der Waals surface area contributed by atoms with Crippen LogP contribution in [0, 0.1) is 0 Å². The van der Waals surface area contributed by atoms with Crippen LogP contribution >= 0.6 is 7.05 Å². The Hall–Kier alpha value is -2.44. The summed E-state index contributed by atoms with van der Waals surface area (Å²) in [5.41, 5.74) is 1.16. The van der Waals surface area contributed by atoms with Crippen LogP contribution in [-0.4, -0.2) is 0 Å². The summed E-state index contributed by atoms with van der Waals surface area (Å²) in [4.78, 5) is 0. The minimum absolute atomic E-state index is 0. The molecule has 0 saturated carbocycles. The molecule has 1 aliphatic rings. The van der Waals surface area contributed by atoms with Crippen LogP contribution in [0.2, 0.25) is 0 Å². The average molecular weight is 457 g/mol. The van der Waals surface area contributed by atoms with Gasteiger partial charge in [0, 0.05) is 49.7 Å². The predicted molar refractivity (Wildman–Crippen MR) is 134 cm³/mol. The minimum atomic E-state index is -2.09. The topological polar surface area (TPSA) is 12.4 Å². The van der Waals surface area contributed by atoms with Crippen molar-refractivity contribution in [2.24, 2.45) is 4.74 Å². The van der Waals surface area contributed by atoms with Crippen LogP contribution in [-0.2, 0) is 21.7 Å². The molecule has 3 aromatic carbocycles. The van der Waals surface area contributed by atoms with Gasteiger partial charge in [-0.1, -0.05) is 128 Å². The molecule has 154 valence electrons. The Balaban J connectivity index is 0.000000514. The SMILES string of the molecule is C1=CCC(N=P(c2ccccc2)(c2ccccc2)c2ccccc2)=C1.C=CC=CC.[Ti]. The Bertz CT molecular complexity index is 978. The molecule has 0 fully saturated rings. The standard InChI is InChI=1S/C23H20NP.C5H8.Ti/c1-4-14-21(15-5-1)25(22-16-6-2-7-17-22,23-18-8-3-9-19-23)24-20-12-10-11-13-20;1-3-5-4-2;/h1-12,14-19H,13H2;3-5H,1H2,2H3;. The van der Waals surface area contributed by atoms with Crippen molar-refractivity contribution in [1.82, 2.24) is 0 Å². The van der Waals surface area contributed by atoms with Gasteiger partial charge in [0.1, 0.15) is 0 Å². The first-order valence-electron chi connectivity index (χ1n) is 10.2. The zero-order valence-electron chi connectivity index (χ0n) is 17.9. The Morgan fingerprint density at radius 3 is 1.52 bits per heavy atom. The minimum Gasteiger partial charge on any atom is -0.258 e. The van der Waals surface area contributed by atoms with Gasteiger partial charge in [-0.2, -0.15) is 0 Å². The van der Waals surface area contributed by atoms with Crippen LogP contribution in [0.15, 0.2) is 144 Å². The van der Waals surface area contributed by atoms with Crippen LogP contribution in [0.3, 0.4) is 0 Å². The largest absolute Gasteiger partial charge is 0.258 e. The molecule has 0 aromatic heterocycles. The molecule has 0 radical (unpaired) electrons. The molecule has 0 N–H and O–H groups in total. The summed E-state index contributed by atoms with van der Waals surface area (Å²) in [5, 5.41) is 3.88. The van der Waals surface area contributed by atoms with Gasteiger partial charge in [0.15, 0.2) is 0 Å². The van der Waals surface area contributed by atoms with Crippen LogP contribution in [0.4, 0.5) is 0 Å². The maximum absolute atomic E-state index is 5.43. The van der Waals surface area contributed by atoms with E-state index in [1.165, 1.54) is 15.9 Å². The van der Waals surface area contributed by atoms with Gasteiger partial charge < -0.3 is 0 Å². The molecule has 3 heteroatoms. The molecule has 0 amide bonds. The quantitative estimate of drug-likeness (QED) is 0.228. The summed E-state index contributed by atoms with van der Waals surface area (Å²) in [7, 11) is -2.09. The zero-order chi connectivity index (χ0) is 21.1. The van der Waals surface area contributed by atoms with Gasteiger partial charge in [-0.25, -0.2) is 0 Å². The Morgan fingerprint density at radius 2 is 1.23 bits per heavy atom. The van der Waals surface area contributed by atoms with Gasteiger partial charge >= 0.3 is 0 Å². The Labute approximate surface area is 201 Å². The molecule has 1 nitrogen and oxygen atoms in total. The van der Waals surface area contributed by atoms with Crippen molar-refractivity contribution in [2.45, 2.75) is 13.3 Å². The molecule has 0 saturated heterocycles. The fourth-order valence-corrected chi connectivity index (χ4v) is 6.98. The Morgan fingerprint density at radius 1 is 0.774 bits per heavy atom. The smallest absolute Gasteiger partial charge is 0.0608 e. The van der Waals surface area contributed by atoms with Gasteiger partial charge in [-0.05, 0) is 13.0 Å². The van der Waals surface area contributed by atoms with E-state index >= 15 is 0 Å².